The van der Waals surface area contributed by atoms with Crippen molar-refractivity contribution in [3.05, 3.63) is 18.0 Å². The molecule has 0 amide bonds. The highest BCUT2D eigenvalue weighted by molar-refractivity contribution is 5.95. The second-order valence-corrected chi connectivity index (χ2v) is 7.07. The number of nitrogens with zero attached hydrogens (tertiary/aromatic N) is 1. The summed E-state index contributed by atoms with van der Waals surface area (Å²) < 4.78 is 0. The van der Waals surface area contributed by atoms with E-state index in [1.807, 2.05) is 0 Å². The average Bonchev–Trinajstić information content (AvgIpc) is 2.97. The summed E-state index contributed by atoms with van der Waals surface area (Å²) in [6, 6.07) is 3.58. The van der Waals surface area contributed by atoms with Crippen LogP contribution in [0.3, 0.4) is 0 Å². The third-order valence-corrected chi connectivity index (χ3v) is 5.99. The van der Waals surface area contributed by atoms with Gasteiger partial charge in [0.1, 0.15) is 11.6 Å². The molecule has 0 radical (unpaired) electrons. The van der Waals surface area contributed by atoms with Crippen molar-refractivity contribution in [1.82, 2.24) is 9.97 Å². The molecule has 2 unspecified atom stereocenters. The lowest BCUT2D eigenvalue weighted by molar-refractivity contribution is -0.124. The van der Waals surface area contributed by atoms with E-state index >= 15 is 0 Å². The van der Waals surface area contributed by atoms with Gasteiger partial charge in [0, 0.05) is 6.42 Å². The van der Waals surface area contributed by atoms with E-state index in [9.17, 15) is 4.79 Å². The number of carbonyl (C=O) groups is 1. The molecule has 5 heteroatoms. The number of Topliss-reactive ketones (excluding diaryl/α,β-unsaturated/α-hetero) is 1. The fourth-order valence-corrected chi connectivity index (χ4v) is 4.52. The summed E-state index contributed by atoms with van der Waals surface area (Å²) in [6.07, 6.45) is 2.66. The Labute approximate surface area is 123 Å². The van der Waals surface area contributed by atoms with Gasteiger partial charge >= 0.3 is 0 Å². The number of aromatic nitrogens is 2. The topological polar surface area (TPSA) is 97.8 Å². The summed E-state index contributed by atoms with van der Waals surface area (Å²) in [5, 5.41) is 0. The molecule has 2 atom stereocenters. The maximum atomic E-state index is 12.7. The van der Waals surface area contributed by atoms with Gasteiger partial charge in [0.2, 0.25) is 0 Å². The Morgan fingerprint density at radius 2 is 2.00 bits per heavy atom. The van der Waals surface area contributed by atoms with Crippen molar-refractivity contribution in [3.8, 4) is 0 Å². The number of nitrogens with two attached hydrogens (primary N) is 2. The Hall–Kier alpha value is -2.04. The van der Waals surface area contributed by atoms with E-state index < -0.39 is 5.41 Å². The van der Waals surface area contributed by atoms with Gasteiger partial charge in [-0.3, -0.25) is 4.79 Å². The molecule has 0 spiro atoms. The largest absolute Gasteiger partial charge is 0.397 e. The first-order valence-corrected chi connectivity index (χ1v) is 7.45. The number of hydrogen-bond donors (Lipinski definition) is 3. The van der Waals surface area contributed by atoms with Crippen molar-refractivity contribution >= 4 is 28.2 Å². The van der Waals surface area contributed by atoms with Crippen molar-refractivity contribution < 1.29 is 4.79 Å². The Bertz CT molecular complexity index is 737. The van der Waals surface area contributed by atoms with E-state index in [0.717, 1.165) is 29.7 Å². The highest BCUT2D eigenvalue weighted by Crippen LogP contribution is 2.64. The Kier molecular flexibility index (Phi) is 2.17. The van der Waals surface area contributed by atoms with Crippen LogP contribution in [0, 0.1) is 11.3 Å². The number of benzene rings is 1. The molecule has 1 aromatic heterocycles. The van der Waals surface area contributed by atoms with E-state index in [0.29, 0.717) is 29.5 Å². The molecule has 5 N–H and O–H groups in total. The van der Waals surface area contributed by atoms with E-state index in [1.165, 1.54) is 0 Å². The smallest absolute Gasteiger partial charge is 0.147 e. The molecule has 110 valence electrons. The highest BCUT2D eigenvalue weighted by atomic mass is 16.1. The van der Waals surface area contributed by atoms with Crippen LogP contribution in [0.15, 0.2) is 12.1 Å². The molecule has 2 fully saturated rings. The molecule has 2 aliphatic carbocycles. The predicted octanol–water partition coefficient (Wildman–Crippen LogP) is 2.37. The fraction of sp³-hybridized carbons (Fsp3) is 0.500. The van der Waals surface area contributed by atoms with Crippen LogP contribution in [0.2, 0.25) is 0 Å². The zero-order valence-corrected chi connectivity index (χ0v) is 12.4. The zero-order valence-electron chi connectivity index (χ0n) is 12.4. The normalized spacial score (nSPS) is 30.4. The number of aromatic amines is 1. The average molecular weight is 284 g/mol. The van der Waals surface area contributed by atoms with Crippen molar-refractivity contribution in [1.29, 1.82) is 0 Å². The summed E-state index contributed by atoms with van der Waals surface area (Å²) in [6.45, 7) is 4.40. The molecular weight excluding hydrogens is 264 g/mol. The number of nitrogens with one attached hydrogen (secondary N) is 1. The maximum absolute atomic E-state index is 12.7. The first kappa shape index (κ1) is 12.7. The summed E-state index contributed by atoms with van der Waals surface area (Å²) >= 11 is 0. The molecule has 1 heterocycles. The van der Waals surface area contributed by atoms with Crippen LogP contribution in [0.5, 0.6) is 0 Å². The minimum atomic E-state index is -0.472. The molecule has 0 saturated heterocycles. The third-order valence-electron chi connectivity index (χ3n) is 5.99. The molecule has 0 aliphatic heterocycles. The maximum Gasteiger partial charge on any atom is 0.147 e. The number of imidazole rings is 1. The van der Waals surface area contributed by atoms with Gasteiger partial charge in [0.15, 0.2) is 0 Å². The van der Waals surface area contributed by atoms with Crippen LogP contribution < -0.4 is 11.5 Å². The second-order valence-electron chi connectivity index (χ2n) is 7.07. The molecule has 2 aromatic rings. The van der Waals surface area contributed by atoms with Gasteiger partial charge < -0.3 is 16.5 Å². The lowest BCUT2D eigenvalue weighted by Crippen LogP contribution is -2.41. The summed E-state index contributed by atoms with van der Waals surface area (Å²) in [7, 11) is 0. The first-order valence-electron chi connectivity index (χ1n) is 7.45. The number of rotatable bonds is 1. The standard InChI is InChI=1S/C16H20N4O/c1-15(2)8-3-4-16(15,13(21)5-8)14-19-11-6-9(17)10(18)7-12(11)20-14/h6-8H,3-5,17-18H2,1-2H3,(H,19,20). The van der Waals surface area contributed by atoms with Crippen molar-refractivity contribution in [2.24, 2.45) is 11.3 Å². The lowest BCUT2D eigenvalue weighted by Gasteiger charge is -2.34. The number of H-pyrrole nitrogens is 1. The molecule has 2 aliphatic rings. The van der Waals surface area contributed by atoms with Gasteiger partial charge in [0.25, 0.3) is 0 Å². The lowest BCUT2D eigenvalue weighted by atomic mass is 9.68. The van der Waals surface area contributed by atoms with Crippen LogP contribution in [-0.2, 0) is 10.2 Å². The number of nitrogen functional groups attached to an aromatic ring is 2. The predicted molar refractivity (Wildman–Crippen MR) is 82.7 cm³/mol. The van der Waals surface area contributed by atoms with Gasteiger partial charge in [-0.25, -0.2) is 4.98 Å². The van der Waals surface area contributed by atoms with E-state index in [-0.39, 0.29) is 5.41 Å². The van der Waals surface area contributed by atoms with Crippen molar-refractivity contribution in [2.75, 3.05) is 11.5 Å². The molecule has 21 heavy (non-hydrogen) atoms. The van der Waals surface area contributed by atoms with Gasteiger partial charge in [-0.05, 0) is 36.3 Å². The minimum Gasteiger partial charge on any atom is -0.397 e. The summed E-state index contributed by atoms with van der Waals surface area (Å²) in [5.41, 5.74) is 13.9. The quantitative estimate of drug-likeness (QED) is 0.700. The Morgan fingerprint density at radius 3 is 2.62 bits per heavy atom. The van der Waals surface area contributed by atoms with Gasteiger partial charge in [0.05, 0.1) is 27.8 Å². The summed E-state index contributed by atoms with van der Waals surface area (Å²) in [5.74, 6) is 1.58. The van der Waals surface area contributed by atoms with E-state index in [1.54, 1.807) is 12.1 Å². The highest BCUT2D eigenvalue weighted by Gasteiger charge is 2.66. The Balaban J connectivity index is 1.96. The molecular formula is C16H20N4O. The van der Waals surface area contributed by atoms with E-state index in [4.69, 9.17) is 16.5 Å². The van der Waals surface area contributed by atoms with Crippen molar-refractivity contribution in [3.63, 3.8) is 0 Å². The second kappa shape index (κ2) is 3.59. The molecule has 2 bridgehead atoms. The number of hydrogen-bond acceptors (Lipinski definition) is 4. The van der Waals surface area contributed by atoms with E-state index in [2.05, 4.69) is 18.8 Å². The van der Waals surface area contributed by atoms with Crippen LogP contribution in [0.1, 0.15) is 38.9 Å². The molecule has 5 nitrogen and oxygen atoms in total. The number of ketones is 1. The van der Waals surface area contributed by atoms with Crippen LogP contribution in [0.25, 0.3) is 11.0 Å². The first-order chi connectivity index (χ1) is 9.86. The van der Waals surface area contributed by atoms with Crippen LogP contribution >= 0.6 is 0 Å². The number of fused-ring (bicyclic) bond motifs is 3. The van der Waals surface area contributed by atoms with Crippen LogP contribution in [-0.4, -0.2) is 15.8 Å². The fourth-order valence-electron chi connectivity index (χ4n) is 4.52. The van der Waals surface area contributed by atoms with Crippen molar-refractivity contribution in [2.45, 2.75) is 38.5 Å². The number of anilines is 2. The molecule has 1 aromatic carbocycles. The van der Waals surface area contributed by atoms with Gasteiger partial charge in [-0.15, -0.1) is 0 Å². The minimum absolute atomic E-state index is 0.0466. The van der Waals surface area contributed by atoms with Crippen LogP contribution in [0.4, 0.5) is 11.4 Å². The van der Waals surface area contributed by atoms with Gasteiger partial charge in [-0.2, -0.15) is 0 Å². The zero-order chi connectivity index (χ0) is 15.0. The van der Waals surface area contributed by atoms with Gasteiger partial charge in [-0.1, -0.05) is 13.8 Å². The number of carbonyl (C=O) groups excluding carboxylic acids is 1. The molecule has 4 rings (SSSR count). The monoisotopic (exact) mass is 284 g/mol. The Morgan fingerprint density at radius 1 is 1.29 bits per heavy atom. The molecule has 2 saturated carbocycles. The summed E-state index contributed by atoms with van der Waals surface area (Å²) in [4.78, 5) is 20.7. The third kappa shape index (κ3) is 1.32. The SMILES string of the molecule is CC1(C)C2CCC1(c1nc3cc(N)c(N)cc3[nH]1)C(=O)C2.